The minimum Gasteiger partial charge on any atom is -0.368 e. The summed E-state index contributed by atoms with van der Waals surface area (Å²) < 4.78 is 39.2. The molecule has 3 aromatic carbocycles. The van der Waals surface area contributed by atoms with Crippen molar-refractivity contribution in [2.75, 3.05) is 10.6 Å². The zero-order valence-corrected chi connectivity index (χ0v) is 17.9. The number of anilines is 3. The van der Waals surface area contributed by atoms with E-state index < -0.39 is 10.0 Å². The number of rotatable bonds is 5. The van der Waals surface area contributed by atoms with E-state index in [1.165, 1.54) is 36.2 Å². The van der Waals surface area contributed by atoms with Gasteiger partial charge in [0.05, 0.1) is 27.5 Å². The molecule has 4 rings (SSSR count). The smallest absolute Gasteiger partial charge is 0.238 e. The third-order valence-corrected chi connectivity index (χ3v) is 6.73. The molecule has 0 saturated carbocycles. The molecule has 1 aliphatic heterocycles. The van der Waals surface area contributed by atoms with E-state index in [1.807, 2.05) is 12.1 Å². The lowest BCUT2D eigenvalue weighted by molar-refractivity contribution is 0.598. The number of primary sulfonamides is 1. The van der Waals surface area contributed by atoms with Crippen LogP contribution in [0.1, 0.15) is 5.56 Å². The maximum absolute atomic E-state index is 13.1. The van der Waals surface area contributed by atoms with Gasteiger partial charge < -0.3 is 10.6 Å². The number of hydrogen-bond donors (Lipinski definition) is 4. The summed E-state index contributed by atoms with van der Waals surface area (Å²) in [5.74, 6) is -0.255. The highest BCUT2D eigenvalue weighted by Crippen LogP contribution is 2.38. The molecule has 0 aromatic heterocycles. The highest BCUT2D eigenvalue weighted by Gasteiger charge is 2.20. The fourth-order valence-electron chi connectivity index (χ4n) is 3.03. The van der Waals surface area contributed by atoms with Crippen LogP contribution in [0.3, 0.4) is 0 Å². The Kier molecular flexibility index (Phi) is 5.90. The van der Waals surface area contributed by atoms with Gasteiger partial charge in [-0.25, -0.2) is 22.7 Å². The van der Waals surface area contributed by atoms with Gasteiger partial charge in [0, 0.05) is 17.0 Å². The average Bonchev–Trinajstić information content (AvgIpc) is 2.70. The molecule has 1 unspecified atom stereocenters. The van der Waals surface area contributed by atoms with Crippen molar-refractivity contribution in [1.29, 1.82) is 0 Å². The molecule has 156 valence electrons. The molecule has 6 nitrogen and oxygen atoms in total. The van der Waals surface area contributed by atoms with Gasteiger partial charge in [0.15, 0.2) is 0 Å². The van der Waals surface area contributed by atoms with Crippen LogP contribution < -0.4 is 20.5 Å². The van der Waals surface area contributed by atoms with Gasteiger partial charge >= 0.3 is 0 Å². The number of sulfonamides is 1. The summed E-state index contributed by atoms with van der Waals surface area (Å²) in [7, 11) is -3.74. The topological polar surface area (TPSA) is 96.2 Å². The van der Waals surface area contributed by atoms with Gasteiger partial charge in [-0.2, -0.15) is 0 Å². The van der Waals surface area contributed by atoms with Gasteiger partial charge in [-0.1, -0.05) is 23.7 Å². The number of nitrogens with two attached hydrogens (primary N) is 1. The van der Waals surface area contributed by atoms with E-state index in [-0.39, 0.29) is 16.9 Å². The van der Waals surface area contributed by atoms with Gasteiger partial charge in [-0.3, -0.25) is 0 Å². The van der Waals surface area contributed by atoms with Crippen LogP contribution in [0, 0.1) is 5.82 Å². The first-order chi connectivity index (χ1) is 14.3. The molecule has 10 heteroatoms. The monoisotopic (exact) mass is 464 g/mol. The summed E-state index contributed by atoms with van der Waals surface area (Å²) in [5.41, 5.74) is 3.27. The van der Waals surface area contributed by atoms with E-state index in [9.17, 15) is 12.8 Å². The molecule has 0 bridgehead atoms. The second-order valence-corrected chi connectivity index (χ2v) is 9.62. The summed E-state index contributed by atoms with van der Waals surface area (Å²) in [5, 5.41) is 12.2. The molecule has 1 aliphatic rings. The van der Waals surface area contributed by atoms with E-state index in [0.717, 1.165) is 16.1 Å². The quantitative estimate of drug-likeness (QED) is 0.416. The zero-order valence-electron chi connectivity index (χ0n) is 15.5. The lowest BCUT2D eigenvalue weighted by atomic mass is 10.1. The van der Waals surface area contributed by atoms with Crippen molar-refractivity contribution in [2.45, 2.75) is 22.4 Å². The highest BCUT2D eigenvalue weighted by molar-refractivity contribution is 7.97. The van der Waals surface area contributed by atoms with Crippen molar-refractivity contribution >= 4 is 50.6 Å². The van der Waals surface area contributed by atoms with Crippen molar-refractivity contribution in [3.05, 3.63) is 77.1 Å². The van der Waals surface area contributed by atoms with E-state index in [0.29, 0.717) is 22.8 Å². The Balaban J connectivity index is 1.48. The van der Waals surface area contributed by atoms with Crippen molar-refractivity contribution in [3.8, 4) is 0 Å². The minimum absolute atomic E-state index is 0.0337. The van der Waals surface area contributed by atoms with Gasteiger partial charge in [-0.05, 0) is 66.0 Å². The molecule has 0 spiro atoms. The molecule has 0 amide bonds. The molecule has 3 aromatic rings. The third-order valence-electron chi connectivity index (χ3n) is 4.53. The summed E-state index contributed by atoms with van der Waals surface area (Å²) in [4.78, 5) is 0.999. The van der Waals surface area contributed by atoms with Crippen LogP contribution in [-0.2, 0) is 16.4 Å². The maximum atomic E-state index is 13.1. The van der Waals surface area contributed by atoms with Crippen molar-refractivity contribution in [3.63, 3.8) is 0 Å². The Hall–Kier alpha value is -2.30. The van der Waals surface area contributed by atoms with E-state index in [1.54, 1.807) is 24.3 Å². The van der Waals surface area contributed by atoms with Crippen LogP contribution in [0.2, 0.25) is 5.02 Å². The fraction of sp³-hybridized carbons (Fsp3) is 0.100. The second-order valence-electron chi connectivity index (χ2n) is 6.77. The first-order valence-corrected chi connectivity index (χ1v) is 11.7. The maximum Gasteiger partial charge on any atom is 0.238 e. The molecule has 0 aliphatic carbocycles. The Morgan fingerprint density at radius 2 is 1.80 bits per heavy atom. The summed E-state index contributed by atoms with van der Waals surface area (Å²) >= 11 is 7.93. The summed E-state index contributed by atoms with van der Waals surface area (Å²) in [6.07, 6.45) is 0.648. The lowest BCUT2D eigenvalue weighted by Gasteiger charge is -2.28. The molecule has 0 saturated heterocycles. The lowest BCUT2D eigenvalue weighted by Crippen LogP contribution is -2.36. The summed E-state index contributed by atoms with van der Waals surface area (Å²) in [6.45, 7) is 0. The van der Waals surface area contributed by atoms with Crippen LogP contribution in [0.15, 0.2) is 70.5 Å². The molecular weight excluding hydrogens is 447 g/mol. The number of nitrogens with one attached hydrogen (secondary N) is 3. The number of benzene rings is 3. The largest absolute Gasteiger partial charge is 0.368 e. The van der Waals surface area contributed by atoms with Crippen LogP contribution in [-0.4, -0.2) is 14.6 Å². The van der Waals surface area contributed by atoms with E-state index in [4.69, 9.17) is 16.7 Å². The molecular formula is C20H18ClFN4O2S2. The predicted octanol–water partition coefficient (Wildman–Crippen LogP) is 4.46. The fourth-order valence-corrected chi connectivity index (χ4v) is 4.57. The molecule has 0 fully saturated rings. The van der Waals surface area contributed by atoms with Gasteiger partial charge in [0.1, 0.15) is 5.82 Å². The average molecular weight is 465 g/mol. The first-order valence-electron chi connectivity index (χ1n) is 8.95. The Morgan fingerprint density at radius 3 is 2.47 bits per heavy atom. The molecule has 1 heterocycles. The Bertz CT molecular complexity index is 1170. The van der Waals surface area contributed by atoms with Crippen molar-refractivity contribution in [1.82, 2.24) is 4.72 Å². The molecule has 1 atom stereocenters. The van der Waals surface area contributed by atoms with E-state index in [2.05, 4.69) is 15.4 Å². The number of hydrogen-bond acceptors (Lipinski definition) is 6. The normalized spacial score (nSPS) is 15.9. The predicted molar refractivity (Wildman–Crippen MR) is 119 cm³/mol. The van der Waals surface area contributed by atoms with Gasteiger partial charge in [-0.15, -0.1) is 0 Å². The van der Waals surface area contributed by atoms with E-state index >= 15 is 0 Å². The van der Waals surface area contributed by atoms with Crippen LogP contribution in [0.5, 0.6) is 0 Å². The first kappa shape index (κ1) is 21.0. The van der Waals surface area contributed by atoms with Crippen LogP contribution in [0.25, 0.3) is 0 Å². The SMILES string of the molecule is NS(=O)(=O)c1ccc(Nc2cc3c(cc2Cl)NC(Cc2ccc(F)cc2)NS3)cc1. The minimum atomic E-state index is -3.74. The third kappa shape index (κ3) is 4.88. The molecule has 30 heavy (non-hydrogen) atoms. The Morgan fingerprint density at radius 1 is 1.10 bits per heavy atom. The Labute approximate surface area is 183 Å². The molecule has 0 radical (unpaired) electrons. The number of halogens is 2. The number of fused-ring (bicyclic) bond motifs is 1. The standard InChI is InChI=1S/C20H18ClFN4O2S2/c21-16-10-18-19(29-26-20(25-18)9-12-1-3-13(22)4-2-12)11-17(16)24-14-5-7-15(8-6-14)30(23,27)28/h1-8,10-11,20,24-26H,9H2,(H2,23,27,28). The summed E-state index contributed by atoms with van der Waals surface area (Å²) in [6, 6.07) is 16.3. The van der Waals surface area contributed by atoms with Crippen LogP contribution >= 0.6 is 23.5 Å². The van der Waals surface area contributed by atoms with Crippen molar-refractivity contribution in [2.24, 2.45) is 5.14 Å². The van der Waals surface area contributed by atoms with Crippen LogP contribution in [0.4, 0.5) is 21.5 Å². The van der Waals surface area contributed by atoms with Gasteiger partial charge in [0.2, 0.25) is 10.0 Å². The highest BCUT2D eigenvalue weighted by atomic mass is 35.5. The molecule has 5 N–H and O–H groups in total. The zero-order chi connectivity index (χ0) is 21.3. The van der Waals surface area contributed by atoms with Gasteiger partial charge in [0.25, 0.3) is 0 Å². The second kappa shape index (κ2) is 8.44. The van der Waals surface area contributed by atoms with Crippen molar-refractivity contribution < 1.29 is 12.8 Å².